The second-order valence-electron chi connectivity index (χ2n) is 6.12. The maximum absolute atomic E-state index is 12.9. The van der Waals surface area contributed by atoms with Crippen LogP contribution in [0.1, 0.15) is 12.5 Å². The van der Waals surface area contributed by atoms with Gasteiger partial charge >= 0.3 is 6.18 Å². The summed E-state index contributed by atoms with van der Waals surface area (Å²) in [6.45, 7) is 4.72. The molecule has 1 aromatic rings. The molecule has 0 aliphatic carbocycles. The Kier molecular flexibility index (Phi) is 9.27. The van der Waals surface area contributed by atoms with Crippen LogP contribution >= 0.6 is 24.0 Å². The van der Waals surface area contributed by atoms with Crippen LogP contribution in [0.3, 0.4) is 0 Å². The fraction of sp³-hybridized carbons (Fsp3) is 0.562. The number of rotatable bonds is 5. The van der Waals surface area contributed by atoms with E-state index < -0.39 is 21.8 Å². The molecular weight excluding hydrogens is 510 g/mol. The summed E-state index contributed by atoms with van der Waals surface area (Å²) in [5, 5.41) is 8.08. The monoisotopic (exact) mass is 535 g/mol. The van der Waals surface area contributed by atoms with Gasteiger partial charge in [-0.05, 0) is 25.1 Å². The van der Waals surface area contributed by atoms with Crippen LogP contribution < -0.4 is 15.4 Å². The van der Waals surface area contributed by atoms with Gasteiger partial charge in [0.2, 0.25) is 10.0 Å². The van der Waals surface area contributed by atoms with Gasteiger partial charge in [0.1, 0.15) is 0 Å². The molecule has 0 bridgehead atoms. The van der Waals surface area contributed by atoms with Gasteiger partial charge in [-0.1, -0.05) is 6.07 Å². The third-order valence-electron chi connectivity index (χ3n) is 4.09. The first kappa shape index (κ1) is 24.8. The fourth-order valence-electron chi connectivity index (χ4n) is 2.76. The van der Waals surface area contributed by atoms with Crippen LogP contribution in [-0.2, 0) is 16.2 Å². The van der Waals surface area contributed by atoms with Crippen LogP contribution in [0.5, 0.6) is 0 Å². The lowest BCUT2D eigenvalue weighted by Gasteiger charge is -2.38. The van der Waals surface area contributed by atoms with Crippen molar-refractivity contribution in [3.05, 3.63) is 29.8 Å². The van der Waals surface area contributed by atoms with Crippen LogP contribution in [-0.4, -0.2) is 64.3 Å². The molecule has 28 heavy (non-hydrogen) atoms. The quantitative estimate of drug-likeness (QED) is 0.341. The maximum Gasteiger partial charge on any atom is 0.416 e. The van der Waals surface area contributed by atoms with E-state index in [1.165, 1.54) is 6.07 Å². The van der Waals surface area contributed by atoms with Gasteiger partial charge in [0.15, 0.2) is 5.96 Å². The Morgan fingerprint density at radius 3 is 2.43 bits per heavy atom. The topological polar surface area (TPSA) is 91.0 Å². The first-order valence-electron chi connectivity index (χ1n) is 8.56. The number of anilines is 1. The molecule has 0 radical (unpaired) electrons. The second kappa shape index (κ2) is 10.5. The SMILES string of the molecule is CCNC(=NCCS(N)(=O)=O)N1CCN(c2cccc(C(F)(F)F)c2)CC1.I. The third-order valence-corrected chi connectivity index (χ3v) is 4.84. The number of nitrogens with two attached hydrogens (primary N) is 1. The van der Waals surface area contributed by atoms with Gasteiger partial charge in [0.05, 0.1) is 17.9 Å². The normalized spacial score (nSPS) is 16.0. The summed E-state index contributed by atoms with van der Waals surface area (Å²) in [4.78, 5) is 8.12. The minimum atomic E-state index is -4.37. The van der Waals surface area contributed by atoms with Gasteiger partial charge in [-0.3, -0.25) is 4.99 Å². The highest BCUT2D eigenvalue weighted by Gasteiger charge is 2.31. The van der Waals surface area contributed by atoms with Gasteiger partial charge in [0.25, 0.3) is 0 Å². The summed E-state index contributed by atoms with van der Waals surface area (Å²) in [5.41, 5.74) is -0.138. The van der Waals surface area contributed by atoms with E-state index in [0.29, 0.717) is 44.4 Å². The Morgan fingerprint density at radius 2 is 1.89 bits per heavy atom. The van der Waals surface area contributed by atoms with Crippen LogP contribution in [0, 0.1) is 0 Å². The van der Waals surface area contributed by atoms with Crippen molar-refractivity contribution in [2.24, 2.45) is 10.1 Å². The highest BCUT2D eigenvalue weighted by molar-refractivity contribution is 14.0. The van der Waals surface area contributed by atoms with E-state index in [1.54, 1.807) is 6.07 Å². The van der Waals surface area contributed by atoms with Crippen molar-refractivity contribution in [2.45, 2.75) is 13.1 Å². The Bertz CT molecular complexity index is 766. The summed E-state index contributed by atoms with van der Waals surface area (Å²) in [6, 6.07) is 5.28. The number of primary sulfonamides is 1. The molecule has 1 fully saturated rings. The molecule has 7 nitrogen and oxygen atoms in total. The summed E-state index contributed by atoms with van der Waals surface area (Å²) in [7, 11) is -3.58. The number of aliphatic imine (C=N–C) groups is 1. The van der Waals surface area contributed by atoms with E-state index in [4.69, 9.17) is 5.14 Å². The number of guanidine groups is 1. The van der Waals surface area contributed by atoms with Gasteiger partial charge in [0, 0.05) is 38.4 Å². The zero-order chi connectivity index (χ0) is 20.1. The van der Waals surface area contributed by atoms with Crippen molar-refractivity contribution in [3.63, 3.8) is 0 Å². The zero-order valence-corrected chi connectivity index (χ0v) is 18.6. The highest BCUT2D eigenvalue weighted by Crippen LogP contribution is 2.31. The average molecular weight is 535 g/mol. The molecule has 0 unspecified atom stereocenters. The lowest BCUT2D eigenvalue weighted by molar-refractivity contribution is -0.137. The largest absolute Gasteiger partial charge is 0.416 e. The van der Waals surface area contributed by atoms with Crippen LogP contribution in [0.25, 0.3) is 0 Å². The molecule has 1 aliphatic rings. The molecule has 0 saturated carbocycles. The Hall–Kier alpha value is -1.28. The van der Waals surface area contributed by atoms with E-state index in [-0.39, 0.29) is 36.3 Å². The van der Waals surface area contributed by atoms with Crippen molar-refractivity contribution in [2.75, 3.05) is 49.9 Å². The lowest BCUT2D eigenvalue weighted by atomic mass is 10.1. The molecular formula is C16H25F3IN5O2S. The molecule has 12 heteroatoms. The minimum Gasteiger partial charge on any atom is -0.368 e. The second-order valence-corrected chi connectivity index (χ2v) is 7.86. The van der Waals surface area contributed by atoms with Crippen molar-refractivity contribution in [3.8, 4) is 0 Å². The highest BCUT2D eigenvalue weighted by atomic mass is 127. The molecule has 2 rings (SSSR count). The Balaban J connectivity index is 0.00000392. The number of alkyl halides is 3. The number of sulfonamides is 1. The Labute approximate surface area is 180 Å². The first-order chi connectivity index (χ1) is 12.6. The lowest BCUT2D eigenvalue weighted by Crippen LogP contribution is -2.52. The molecule has 0 atom stereocenters. The molecule has 3 N–H and O–H groups in total. The molecule has 0 spiro atoms. The number of piperazine rings is 1. The smallest absolute Gasteiger partial charge is 0.368 e. The zero-order valence-electron chi connectivity index (χ0n) is 15.4. The number of halogens is 4. The molecule has 1 saturated heterocycles. The van der Waals surface area contributed by atoms with E-state index in [2.05, 4.69) is 10.3 Å². The summed E-state index contributed by atoms with van der Waals surface area (Å²) < 4.78 is 60.7. The third kappa shape index (κ3) is 7.62. The van der Waals surface area contributed by atoms with Crippen LogP contribution in [0.2, 0.25) is 0 Å². The molecule has 0 amide bonds. The molecule has 1 aliphatic heterocycles. The first-order valence-corrected chi connectivity index (χ1v) is 10.3. The maximum atomic E-state index is 12.9. The molecule has 1 heterocycles. The van der Waals surface area contributed by atoms with Gasteiger partial charge < -0.3 is 15.1 Å². The molecule has 160 valence electrons. The number of nitrogens with zero attached hydrogens (tertiary/aromatic N) is 3. The predicted octanol–water partition coefficient (Wildman–Crippen LogP) is 1.70. The van der Waals surface area contributed by atoms with Crippen molar-refractivity contribution < 1.29 is 21.6 Å². The van der Waals surface area contributed by atoms with Crippen molar-refractivity contribution in [1.82, 2.24) is 10.2 Å². The number of hydrogen-bond donors (Lipinski definition) is 2. The standard InChI is InChI=1S/C16H24F3N5O2S.HI/c1-2-21-15(22-6-11-27(20,25)26)24-9-7-23(8-10-24)14-5-3-4-13(12-14)16(17,18)19;/h3-5,12H,2,6-11H2,1H3,(H,21,22)(H2,20,25,26);1H. The number of benzene rings is 1. The van der Waals surface area contributed by atoms with E-state index in [9.17, 15) is 21.6 Å². The van der Waals surface area contributed by atoms with E-state index in [0.717, 1.165) is 12.1 Å². The average Bonchev–Trinajstić information content (AvgIpc) is 2.60. The van der Waals surface area contributed by atoms with Gasteiger partial charge in [-0.15, -0.1) is 24.0 Å². The van der Waals surface area contributed by atoms with Gasteiger partial charge in [-0.2, -0.15) is 13.2 Å². The van der Waals surface area contributed by atoms with E-state index >= 15 is 0 Å². The van der Waals surface area contributed by atoms with Crippen LogP contribution in [0.4, 0.5) is 18.9 Å². The summed E-state index contributed by atoms with van der Waals surface area (Å²) in [5.74, 6) is 0.330. The van der Waals surface area contributed by atoms with Crippen molar-refractivity contribution >= 4 is 45.6 Å². The Morgan fingerprint density at radius 1 is 1.25 bits per heavy atom. The van der Waals surface area contributed by atoms with Crippen LogP contribution in [0.15, 0.2) is 29.3 Å². The number of hydrogen-bond acceptors (Lipinski definition) is 4. The van der Waals surface area contributed by atoms with Crippen molar-refractivity contribution in [1.29, 1.82) is 0 Å². The molecule has 1 aromatic carbocycles. The minimum absolute atomic E-state index is 0. The number of nitrogens with one attached hydrogen (secondary N) is 1. The van der Waals surface area contributed by atoms with Gasteiger partial charge in [-0.25, -0.2) is 13.6 Å². The summed E-state index contributed by atoms with van der Waals surface area (Å²) >= 11 is 0. The fourth-order valence-corrected chi connectivity index (χ4v) is 3.11. The predicted molar refractivity (Wildman–Crippen MR) is 115 cm³/mol. The van der Waals surface area contributed by atoms with E-state index in [1.807, 2.05) is 16.7 Å². The summed E-state index contributed by atoms with van der Waals surface area (Å²) in [6.07, 6.45) is -4.37. The molecule has 0 aromatic heterocycles.